The van der Waals surface area contributed by atoms with E-state index in [1.165, 1.54) is 0 Å². The average Bonchev–Trinajstić information content (AvgIpc) is 2.39. The molecule has 1 aromatic rings. The van der Waals surface area contributed by atoms with E-state index >= 15 is 0 Å². The van der Waals surface area contributed by atoms with Crippen molar-refractivity contribution in [2.24, 2.45) is 0 Å². The van der Waals surface area contributed by atoms with E-state index in [9.17, 15) is 14.0 Å². The highest BCUT2D eigenvalue weighted by molar-refractivity contribution is 8.29. The molecule has 0 N–H and O–H groups in total. The van der Waals surface area contributed by atoms with Gasteiger partial charge >= 0.3 is 0 Å². The Labute approximate surface area is 116 Å². The molecule has 1 heterocycles. The summed E-state index contributed by atoms with van der Waals surface area (Å²) in [6.45, 7) is 0. The van der Waals surface area contributed by atoms with Crippen molar-refractivity contribution >= 4 is 10.3 Å². The Bertz CT molecular complexity index is 400. The SMILES string of the molecule is COC1CCS(O[Cl+3]([O-])([O-])[O-])(c2ccccc2)CC1. The predicted octanol–water partition coefficient (Wildman–Crippen LogP) is -0.512. The Hall–Kier alpha value is -0.340. The fraction of sp³-hybridized carbons (Fsp3) is 0.500. The van der Waals surface area contributed by atoms with E-state index < -0.39 is 20.6 Å². The molecule has 0 aromatic heterocycles. The van der Waals surface area contributed by atoms with Crippen LogP contribution in [0.3, 0.4) is 0 Å². The maximum absolute atomic E-state index is 11.0. The Morgan fingerprint density at radius 3 is 2.16 bits per heavy atom. The monoisotopic (exact) mass is 308 g/mol. The van der Waals surface area contributed by atoms with Crippen molar-refractivity contribution in [3.63, 3.8) is 0 Å². The molecule has 0 saturated carbocycles. The Morgan fingerprint density at radius 2 is 1.68 bits per heavy atom. The number of hydrogen-bond acceptors (Lipinski definition) is 5. The van der Waals surface area contributed by atoms with Gasteiger partial charge in [0.25, 0.3) is 0 Å². The topological polar surface area (TPSA) is 87.6 Å². The van der Waals surface area contributed by atoms with Gasteiger partial charge in [-0.15, -0.1) is 0 Å². The van der Waals surface area contributed by atoms with Gasteiger partial charge in [0.2, 0.25) is 0 Å². The molecule has 1 fully saturated rings. The van der Waals surface area contributed by atoms with Gasteiger partial charge in [0.15, 0.2) is 0 Å². The fourth-order valence-corrected chi connectivity index (χ4v) is 6.87. The zero-order chi connectivity index (χ0) is 13.9. The molecule has 1 aliphatic rings. The minimum absolute atomic E-state index is 0.110. The molecule has 0 atom stereocenters. The van der Waals surface area contributed by atoms with Gasteiger partial charge in [-0.3, -0.25) is 0 Å². The molecule has 0 amide bonds. The molecule has 1 aliphatic heterocycles. The summed E-state index contributed by atoms with van der Waals surface area (Å²) in [5.41, 5.74) is 0. The third-order valence-electron chi connectivity index (χ3n) is 3.24. The summed E-state index contributed by atoms with van der Waals surface area (Å²) in [5, 5.41) is 0. The lowest BCUT2D eigenvalue weighted by molar-refractivity contribution is -1.91. The van der Waals surface area contributed by atoms with Gasteiger partial charge in [0.1, 0.15) is 3.74 Å². The zero-order valence-electron chi connectivity index (χ0n) is 10.6. The largest absolute Gasteiger partial charge is 0.381 e. The summed E-state index contributed by atoms with van der Waals surface area (Å²) in [7, 11) is -4.85. The number of methoxy groups -OCH3 is 1. The maximum Gasteiger partial charge on any atom is 0.126 e. The molecule has 5 nitrogen and oxygen atoms in total. The first kappa shape index (κ1) is 15.1. The maximum atomic E-state index is 11.0. The van der Waals surface area contributed by atoms with Gasteiger partial charge in [-0.2, -0.15) is 14.0 Å². The van der Waals surface area contributed by atoms with Crippen LogP contribution in [0, 0.1) is 10.2 Å². The van der Waals surface area contributed by atoms with E-state index in [0.29, 0.717) is 24.3 Å². The number of ether oxygens (including phenoxy) is 1. The Balaban J connectivity index is 2.25. The first-order chi connectivity index (χ1) is 8.95. The Kier molecular flexibility index (Phi) is 4.73. The van der Waals surface area contributed by atoms with Crippen molar-refractivity contribution in [1.29, 1.82) is 0 Å². The molecule has 0 unspecified atom stereocenters. The molecular formula is C12H17ClO5S. The van der Waals surface area contributed by atoms with Crippen LogP contribution in [0.1, 0.15) is 12.8 Å². The van der Waals surface area contributed by atoms with Crippen molar-refractivity contribution in [2.75, 3.05) is 18.6 Å². The predicted molar refractivity (Wildman–Crippen MR) is 63.1 cm³/mol. The quantitative estimate of drug-likeness (QED) is 0.747. The molecule has 1 saturated heterocycles. The standard InChI is InChI=1S/C12H17ClO5S/c1-17-11-7-9-19(10-8-11,18-13(14,15)16)12-5-3-2-4-6-12/h2-6,11H,7-10H2,1H3. The third kappa shape index (κ3) is 3.82. The van der Waals surface area contributed by atoms with Crippen molar-refractivity contribution < 1.29 is 32.7 Å². The van der Waals surface area contributed by atoms with Crippen LogP contribution in [0.5, 0.6) is 0 Å². The second-order valence-corrected chi connectivity index (χ2v) is 8.58. The van der Waals surface area contributed by atoms with E-state index in [2.05, 4.69) is 0 Å². The highest BCUT2D eigenvalue weighted by atomic mass is 35.7. The number of hydrogen-bond donors (Lipinski definition) is 0. The van der Waals surface area contributed by atoms with Crippen LogP contribution in [-0.2, 0) is 8.47 Å². The van der Waals surface area contributed by atoms with Gasteiger partial charge in [0.05, 0.1) is 16.3 Å². The van der Waals surface area contributed by atoms with Gasteiger partial charge in [-0.1, -0.05) is 18.2 Å². The smallest absolute Gasteiger partial charge is 0.126 e. The molecule has 1 aromatic carbocycles. The number of halogens is 1. The molecular weight excluding hydrogens is 292 g/mol. The molecule has 108 valence electrons. The van der Waals surface area contributed by atoms with Crippen molar-refractivity contribution in [1.82, 2.24) is 0 Å². The van der Waals surface area contributed by atoms with Gasteiger partial charge < -0.3 is 4.74 Å². The van der Waals surface area contributed by atoms with E-state index in [1.54, 1.807) is 7.11 Å². The zero-order valence-corrected chi connectivity index (χ0v) is 12.2. The minimum atomic E-state index is -4.42. The molecule has 2 rings (SSSR count). The van der Waals surface area contributed by atoms with Crippen LogP contribution in [-0.4, -0.2) is 24.7 Å². The van der Waals surface area contributed by atoms with Crippen LogP contribution in [0.25, 0.3) is 0 Å². The van der Waals surface area contributed by atoms with E-state index in [1.807, 2.05) is 30.3 Å². The van der Waals surface area contributed by atoms with E-state index in [4.69, 9.17) is 8.47 Å². The third-order valence-corrected chi connectivity index (χ3v) is 7.75. The van der Waals surface area contributed by atoms with Crippen molar-refractivity contribution in [3.8, 4) is 0 Å². The van der Waals surface area contributed by atoms with Crippen molar-refractivity contribution in [3.05, 3.63) is 30.3 Å². The highest BCUT2D eigenvalue weighted by Gasteiger charge is 2.45. The van der Waals surface area contributed by atoms with Crippen molar-refractivity contribution in [2.45, 2.75) is 23.8 Å². The van der Waals surface area contributed by atoms with E-state index in [-0.39, 0.29) is 6.10 Å². The molecule has 0 aliphatic carbocycles. The first-order valence-electron chi connectivity index (χ1n) is 5.94. The summed E-state index contributed by atoms with van der Waals surface area (Å²) < 4.78 is 43.3. The average molecular weight is 309 g/mol. The van der Waals surface area contributed by atoms with Crippen LogP contribution in [0.2, 0.25) is 0 Å². The molecule has 0 bridgehead atoms. The fourth-order valence-electron chi connectivity index (χ4n) is 2.28. The molecule has 0 spiro atoms. The first-order valence-corrected chi connectivity index (χ1v) is 9.07. The Morgan fingerprint density at radius 1 is 1.11 bits per heavy atom. The molecule has 0 radical (unpaired) electrons. The van der Waals surface area contributed by atoms with Gasteiger partial charge in [-0.25, -0.2) is 0 Å². The van der Waals surface area contributed by atoms with Crippen LogP contribution in [0.15, 0.2) is 35.2 Å². The summed E-state index contributed by atoms with van der Waals surface area (Å²) in [6, 6.07) is 9.14. The highest BCUT2D eigenvalue weighted by Crippen LogP contribution is 2.61. The summed E-state index contributed by atoms with van der Waals surface area (Å²) in [5.74, 6) is 1.06. The lowest BCUT2D eigenvalue weighted by Gasteiger charge is -2.38. The lowest BCUT2D eigenvalue weighted by Crippen LogP contribution is -2.61. The van der Waals surface area contributed by atoms with Crippen LogP contribution < -0.4 is 14.0 Å². The number of benzene rings is 1. The number of rotatable bonds is 4. The molecule has 7 heteroatoms. The van der Waals surface area contributed by atoms with Gasteiger partial charge in [0, 0.05) is 33.8 Å². The second kappa shape index (κ2) is 5.97. The van der Waals surface area contributed by atoms with Crippen LogP contribution >= 0.6 is 10.3 Å². The summed E-state index contributed by atoms with van der Waals surface area (Å²) >= 11 is 0. The normalized spacial score (nSPS) is 31.7. The van der Waals surface area contributed by atoms with Crippen LogP contribution in [0.4, 0.5) is 0 Å². The summed E-state index contributed by atoms with van der Waals surface area (Å²) in [4.78, 5) is 0.802. The van der Waals surface area contributed by atoms with E-state index in [0.717, 1.165) is 4.90 Å². The summed E-state index contributed by atoms with van der Waals surface area (Å²) in [6.07, 6.45) is 1.51. The van der Waals surface area contributed by atoms with Gasteiger partial charge in [-0.05, 0) is 25.0 Å². The minimum Gasteiger partial charge on any atom is -0.381 e. The molecule has 19 heavy (non-hydrogen) atoms. The lowest BCUT2D eigenvalue weighted by atomic mass is 10.2. The second-order valence-electron chi connectivity index (χ2n) is 4.41.